The summed E-state index contributed by atoms with van der Waals surface area (Å²) < 4.78 is 13.9. The van der Waals surface area contributed by atoms with Crippen molar-refractivity contribution in [3.8, 4) is 0 Å². The van der Waals surface area contributed by atoms with Crippen molar-refractivity contribution < 1.29 is 4.39 Å². The Hall–Kier alpha value is -1.32. The lowest BCUT2D eigenvalue weighted by atomic mass is 10.4. The molecule has 0 aromatic carbocycles. The quantitative estimate of drug-likeness (QED) is 0.671. The SMILES string of the molecule is Nc1cccn(C2CC2F)c1=O. The third-order valence-electron chi connectivity index (χ3n) is 2.04. The Balaban J connectivity index is 2.45. The van der Waals surface area contributed by atoms with Crippen LogP contribution in [0, 0.1) is 0 Å². The molecule has 1 aromatic rings. The summed E-state index contributed by atoms with van der Waals surface area (Å²) in [6.45, 7) is 0. The molecule has 0 saturated heterocycles. The van der Waals surface area contributed by atoms with Gasteiger partial charge in [-0.15, -0.1) is 0 Å². The predicted molar refractivity (Wildman–Crippen MR) is 43.7 cm³/mol. The van der Waals surface area contributed by atoms with Gasteiger partial charge >= 0.3 is 0 Å². The molecule has 2 N–H and O–H groups in total. The third kappa shape index (κ3) is 0.995. The van der Waals surface area contributed by atoms with E-state index in [0.717, 1.165) is 0 Å². The summed E-state index contributed by atoms with van der Waals surface area (Å²) >= 11 is 0. The summed E-state index contributed by atoms with van der Waals surface area (Å²) in [7, 11) is 0. The molecule has 1 saturated carbocycles. The zero-order valence-corrected chi connectivity index (χ0v) is 6.40. The number of nitrogens with zero attached hydrogens (tertiary/aromatic N) is 1. The number of nitrogen functional groups attached to an aromatic ring is 1. The Morgan fingerprint density at radius 2 is 2.33 bits per heavy atom. The van der Waals surface area contributed by atoms with Gasteiger partial charge in [0.25, 0.3) is 5.56 Å². The van der Waals surface area contributed by atoms with Crippen molar-refractivity contribution in [3.05, 3.63) is 28.7 Å². The highest BCUT2D eigenvalue weighted by Crippen LogP contribution is 2.37. The van der Waals surface area contributed by atoms with Gasteiger partial charge < -0.3 is 10.3 Å². The van der Waals surface area contributed by atoms with Crippen molar-refractivity contribution in [1.29, 1.82) is 0 Å². The zero-order chi connectivity index (χ0) is 8.72. The third-order valence-corrected chi connectivity index (χ3v) is 2.04. The monoisotopic (exact) mass is 168 g/mol. The lowest BCUT2D eigenvalue weighted by molar-refractivity contribution is 0.438. The minimum Gasteiger partial charge on any atom is -0.394 e. The second-order valence-corrected chi connectivity index (χ2v) is 2.99. The first-order valence-electron chi connectivity index (χ1n) is 3.81. The minimum atomic E-state index is -0.871. The number of aromatic nitrogens is 1. The number of halogens is 1. The molecular formula is C8H9FN2O. The van der Waals surface area contributed by atoms with E-state index in [0.29, 0.717) is 6.42 Å². The van der Waals surface area contributed by atoms with Gasteiger partial charge in [-0.1, -0.05) is 0 Å². The highest BCUT2D eigenvalue weighted by molar-refractivity contribution is 5.34. The average molecular weight is 168 g/mol. The highest BCUT2D eigenvalue weighted by Gasteiger charge is 2.39. The Bertz CT molecular complexity index is 360. The van der Waals surface area contributed by atoms with E-state index in [2.05, 4.69) is 0 Å². The second kappa shape index (κ2) is 2.33. The molecule has 1 heterocycles. The van der Waals surface area contributed by atoms with Crippen molar-refractivity contribution in [2.24, 2.45) is 0 Å². The van der Waals surface area contributed by atoms with E-state index in [1.54, 1.807) is 12.3 Å². The molecule has 0 aliphatic heterocycles. The van der Waals surface area contributed by atoms with Crippen LogP contribution in [0.25, 0.3) is 0 Å². The van der Waals surface area contributed by atoms with Crippen LogP contribution in [0.2, 0.25) is 0 Å². The number of hydrogen-bond acceptors (Lipinski definition) is 2. The van der Waals surface area contributed by atoms with Crippen LogP contribution >= 0.6 is 0 Å². The first-order valence-corrected chi connectivity index (χ1v) is 3.81. The lowest BCUT2D eigenvalue weighted by Crippen LogP contribution is -2.21. The summed E-state index contributed by atoms with van der Waals surface area (Å²) in [5, 5.41) is 0. The number of anilines is 1. The van der Waals surface area contributed by atoms with Crippen LogP contribution in [-0.4, -0.2) is 10.7 Å². The number of rotatable bonds is 1. The first-order chi connectivity index (χ1) is 5.70. The van der Waals surface area contributed by atoms with Crippen LogP contribution in [0.1, 0.15) is 12.5 Å². The molecule has 1 aliphatic carbocycles. The largest absolute Gasteiger partial charge is 0.394 e. The maximum absolute atomic E-state index is 12.6. The van der Waals surface area contributed by atoms with Gasteiger partial charge in [-0.25, -0.2) is 4.39 Å². The van der Waals surface area contributed by atoms with Crippen molar-refractivity contribution in [2.45, 2.75) is 18.6 Å². The Kier molecular flexibility index (Phi) is 1.43. The Morgan fingerprint density at radius 3 is 2.92 bits per heavy atom. The molecule has 2 atom stereocenters. The Morgan fingerprint density at radius 1 is 1.67 bits per heavy atom. The van der Waals surface area contributed by atoms with Crippen LogP contribution in [0.15, 0.2) is 23.1 Å². The molecule has 12 heavy (non-hydrogen) atoms. The molecule has 1 fully saturated rings. The molecule has 4 heteroatoms. The van der Waals surface area contributed by atoms with Crippen LogP contribution in [0.4, 0.5) is 10.1 Å². The average Bonchev–Trinajstić information content (AvgIpc) is 2.73. The van der Waals surface area contributed by atoms with Gasteiger partial charge in [-0.2, -0.15) is 0 Å². The van der Waals surface area contributed by atoms with E-state index in [-0.39, 0.29) is 17.3 Å². The van der Waals surface area contributed by atoms with E-state index in [9.17, 15) is 9.18 Å². The molecule has 0 spiro atoms. The van der Waals surface area contributed by atoms with E-state index in [1.807, 2.05) is 0 Å². The standard InChI is InChI=1S/C8H9FN2O/c9-5-4-7(5)11-3-1-2-6(10)8(11)12/h1-3,5,7H,4,10H2. The number of hydrogen-bond donors (Lipinski definition) is 1. The Labute approximate surface area is 68.6 Å². The summed E-state index contributed by atoms with van der Waals surface area (Å²) in [6.07, 6.45) is 1.14. The number of pyridine rings is 1. The summed E-state index contributed by atoms with van der Waals surface area (Å²) in [4.78, 5) is 11.3. The first kappa shape index (κ1) is 7.34. The minimum absolute atomic E-state index is 0.177. The van der Waals surface area contributed by atoms with Crippen molar-refractivity contribution in [2.75, 3.05) is 5.73 Å². The molecule has 2 unspecified atom stereocenters. The molecule has 0 radical (unpaired) electrons. The van der Waals surface area contributed by atoms with Gasteiger partial charge in [0, 0.05) is 12.6 Å². The van der Waals surface area contributed by atoms with Gasteiger partial charge in [0.1, 0.15) is 6.17 Å². The topological polar surface area (TPSA) is 48.0 Å². The number of alkyl halides is 1. The molecule has 1 aromatic heterocycles. The fourth-order valence-electron chi connectivity index (χ4n) is 1.23. The normalized spacial score (nSPS) is 27.1. The van der Waals surface area contributed by atoms with Gasteiger partial charge in [0.05, 0.1) is 11.7 Å². The van der Waals surface area contributed by atoms with Crippen molar-refractivity contribution in [1.82, 2.24) is 4.57 Å². The molecule has 3 nitrogen and oxygen atoms in total. The summed E-state index contributed by atoms with van der Waals surface area (Å²) in [5.74, 6) is 0. The fraction of sp³-hybridized carbons (Fsp3) is 0.375. The van der Waals surface area contributed by atoms with Gasteiger partial charge in [0.15, 0.2) is 0 Å². The van der Waals surface area contributed by atoms with Gasteiger partial charge in [-0.05, 0) is 12.1 Å². The highest BCUT2D eigenvalue weighted by atomic mass is 19.1. The van der Waals surface area contributed by atoms with E-state index in [1.165, 1.54) is 10.6 Å². The van der Waals surface area contributed by atoms with E-state index >= 15 is 0 Å². The smallest absolute Gasteiger partial charge is 0.274 e. The van der Waals surface area contributed by atoms with Crippen LogP contribution in [0.5, 0.6) is 0 Å². The molecular weight excluding hydrogens is 159 g/mol. The van der Waals surface area contributed by atoms with Crippen LogP contribution in [-0.2, 0) is 0 Å². The maximum Gasteiger partial charge on any atom is 0.274 e. The zero-order valence-electron chi connectivity index (χ0n) is 6.40. The maximum atomic E-state index is 12.6. The van der Waals surface area contributed by atoms with Gasteiger partial charge in [0.2, 0.25) is 0 Å². The fourth-order valence-corrected chi connectivity index (χ4v) is 1.23. The van der Waals surface area contributed by atoms with E-state index < -0.39 is 6.17 Å². The van der Waals surface area contributed by atoms with Gasteiger partial charge in [-0.3, -0.25) is 4.79 Å². The molecule has 2 rings (SSSR count). The summed E-state index contributed by atoms with van der Waals surface area (Å²) in [5.41, 5.74) is 5.26. The lowest BCUT2D eigenvalue weighted by Gasteiger charge is -2.02. The van der Waals surface area contributed by atoms with Crippen LogP contribution in [0.3, 0.4) is 0 Å². The van der Waals surface area contributed by atoms with Crippen molar-refractivity contribution >= 4 is 5.69 Å². The molecule has 64 valence electrons. The summed E-state index contributed by atoms with van der Waals surface area (Å²) in [6, 6.07) is 2.90. The van der Waals surface area contributed by atoms with E-state index in [4.69, 9.17) is 5.73 Å². The predicted octanol–water partition coefficient (Wildman–Crippen LogP) is 0.713. The molecule has 1 aliphatic rings. The second-order valence-electron chi connectivity index (χ2n) is 2.99. The molecule has 0 amide bonds. The number of nitrogens with two attached hydrogens (primary N) is 1. The van der Waals surface area contributed by atoms with Crippen molar-refractivity contribution in [3.63, 3.8) is 0 Å². The molecule has 0 bridgehead atoms. The van der Waals surface area contributed by atoms with Crippen LogP contribution < -0.4 is 11.3 Å².